The molecule has 0 saturated heterocycles. The Morgan fingerprint density at radius 3 is 2.21 bits per heavy atom. The molecule has 0 radical (unpaired) electrons. The van der Waals surface area contributed by atoms with Crippen LogP contribution in [-0.4, -0.2) is 61.5 Å². The summed E-state index contributed by atoms with van der Waals surface area (Å²) < 4.78 is 28.3. The zero-order valence-electron chi connectivity index (χ0n) is 23.6. The standard InChI is InChI=1S/C29H33N5O7S/c1-17-5-11-22(24(33-17)27(37)34-20-9-6-18(7-10-20)25(30)31)21-12-8-19(15-23(21)28(38)41-42(4,39)40)26(36)32-16-29(2,3)13-14-35/h5-12,15,35H,13-14,16H2,1-4H3,(H3,30,31)(H,32,36)(H,34,37). The van der Waals surface area contributed by atoms with Crippen LogP contribution in [0.2, 0.25) is 0 Å². The summed E-state index contributed by atoms with van der Waals surface area (Å²) in [6.07, 6.45) is 1.17. The molecule has 0 spiro atoms. The molecule has 42 heavy (non-hydrogen) atoms. The third kappa shape index (κ3) is 8.44. The van der Waals surface area contributed by atoms with Crippen LogP contribution in [0, 0.1) is 17.7 Å². The number of hydrogen-bond acceptors (Lipinski definition) is 9. The predicted octanol–water partition coefficient (Wildman–Crippen LogP) is 2.85. The molecule has 0 fully saturated rings. The number of amides is 2. The van der Waals surface area contributed by atoms with Crippen LogP contribution in [0.3, 0.4) is 0 Å². The lowest BCUT2D eigenvalue weighted by atomic mass is 9.89. The van der Waals surface area contributed by atoms with Crippen LogP contribution in [-0.2, 0) is 14.3 Å². The fourth-order valence-electron chi connectivity index (χ4n) is 3.95. The van der Waals surface area contributed by atoms with Crippen LogP contribution in [0.15, 0.2) is 54.6 Å². The van der Waals surface area contributed by atoms with Crippen LogP contribution >= 0.6 is 0 Å². The number of aliphatic hydroxyl groups excluding tert-OH is 1. The second-order valence-electron chi connectivity index (χ2n) is 10.4. The molecule has 13 heteroatoms. The minimum atomic E-state index is -4.22. The number of anilines is 1. The Balaban J connectivity index is 2.05. The normalized spacial score (nSPS) is 11.5. The van der Waals surface area contributed by atoms with Crippen molar-refractivity contribution in [1.82, 2.24) is 10.3 Å². The van der Waals surface area contributed by atoms with Gasteiger partial charge in [-0.3, -0.25) is 15.0 Å². The van der Waals surface area contributed by atoms with Crippen molar-refractivity contribution in [2.75, 3.05) is 24.7 Å². The van der Waals surface area contributed by atoms with Gasteiger partial charge in [0.25, 0.3) is 11.8 Å². The minimum absolute atomic E-state index is 0.0515. The van der Waals surface area contributed by atoms with Gasteiger partial charge in [0.15, 0.2) is 0 Å². The highest BCUT2D eigenvalue weighted by Crippen LogP contribution is 2.30. The summed E-state index contributed by atoms with van der Waals surface area (Å²) in [6, 6.07) is 13.5. The number of amidine groups is 1. The molecule has 0 unspecified atom stereocenters. The molecule has 2 amide bonds. The zero-order valence-corrected chi connectivity index (χ0v) is 24.5. The van der Waals surface area contributed by atoms with Crippen molar-refractivity contribution in [3.63, 3.8) is 0 Å². The molecular formula is C29H33N5O7S. The molecule has 0 bridgehead atoms. The van der Waals surface area contributed by atoms with Crippen molar-refractivity contribution >= 4 is 39.4 Å². The largest absolute Gasteiger partial charge is 0.396 e. The van der Waals surface area contributed by atoms with Gasteiger partial charge in [-0.1, -0.05) is 26.0 Å². The number of nitrogens with two attached hydrogens (primary N) is 1. The number of nitrogen functional groups attached to an aromatic ring is 1. The maximum absolute atomic E-state index is 13.4. The molecule has 1 heterocycles. The van der Waals surface area contributed by atoms with E-state index in [9.17, 15) is 27.9 Å². The van der Waals surface area contributed by atoms with E-state index in [2.05, 4.69) is 19.8 Å². The molecule has 0 aliphatic carbocycles. The third-order valence-electron chi connectivity index (χ3n) is 6.24. The van der Waals surface area contributed by atoms with Gasteiger partial charge in [-0.2, -0.15) is 8.42 Å². The SMILES string of the molecule is Cc1ccc(-c2ccc(C(=O)NCC(C)(C)CCO)cc2C(=O)OS(C)(=O)=O)c(C(=O)Nc2ccc(C(=N)N)cc2)n1. The Kier molecular flexibility index (Phi) is 9.81. The second-order valence-corrected chi connectivity index (χ2v) is 12.0. The topological polar surface area (TPSA) is 202 Å². The number of carbonyl (C=O) groups excluding carboxylic acids is 3. The van der Waals surface area contributed by atoms with Gasteiger partial charge in [0.1, 0.15) is 11.5 Å². The number of pyridine rings is 1. The first-order chi connectivity index (χ1) is 19.6. The van der Waals surface area contributed by atoms with Gasteiger partial charge in [-0.05, 0) is 66.8 Å². The van der Waals surface area contributed by atoms with Gasteiger partial charge in [0.05, 0.1) is 11.8 Å². The lowest BCUT2D eigenvalue weighted by Gasteiger charge is -2.24. The molecule has 12 nitrogen and oxygen atoms in total. The van der Waals surface area contributed by atoms with Crippen LogP contribution in [0.1, 0.15) is 62.7 Å². The van der Waals surface area contributed by atoms with Crippen molar-refractivity contribution in [2.45, 2.75) is 27.2 Å². The fourth-order valence-corrected chi connectivity index (χ4v) is 4.32. The molecule has 0 atom stereocenters. The molecule has 1 aromatic heterocycles. The summed E-state index contributed by atoms with van der Waals surface area (Å²) in [6.45, 7) is 5.60. The van der Waals surface area contributed by atoms with E-state index in [0.717, 1.165) is 0 Å². The van der Waals surface area contributed by atoms with E-state index < -0.39 is 33.3 Å². The molecule has 3 aromatic rings. The number of benzene rings is 2. The predicted molar refractivity (Wildman–Crippen MR) is 158 cm³/mol. The monoisotopic (exact) mass is 595 g/mol. The van der Waals surface area contributed by atoms with E-state index in [1.807, 2.05) is 13.8 Å². The van der Waals surface area contributed by atoms with Gasteiger partial charge in [-0.15, -0.1) is 0 Å². The summed E-state index contributed by atoms with van der Waals surface area (Å²) in [5, 5.41) is 22.2. The van der Waals surface area contributed by atoms with Gasteiger partial charge >= 0.3 is 16.1 Å². The maximum atomic E-state index is 13.4. The van der Waals surface area contributed by atoms with Crippen molar-refractivity contribution in [3.05, 3.63) is 82.7 Å². The van der Waals surface area contributed by atoms with Crippen LogP contribution < -0.4 is 16.4 Å². The number of rotatable bonds is 11. The zero-order chi connectivity index (χ0) is 31.2. The third-order valence-corrected chi connectivity index (χ3v) is 6.69. The Labute approximate surface area is 243 Å². The first-order valence-electron chi connectivity index (χ1n) is 12.8. The van der Waals surface area contributed by atoms with Crippen molar-refractivity contribution in [2.24, 2.45) is 11.1 Å². The number of nitrogens with zero attached hydrogens (tertiary/aromatic N) is 1. The highest BCUT2D eigenvalue weighted by atomic mass is 32.2. The quantitative estimate of drug-likeness (QED) is 0.125. The highest BCUT2D eigenvalue weighted by Gasteiger charge is 2.25. The number of hydrogen-bond donors (Lipinski definition) is 5. The number of aliphatic hydroxyl groups is 1. The molecule has 6 N–H and O–H groups in total. The molecular weight excluding hydrogens is 562 g/mol. The van der Waals surface area contributed by atoms with Gasteiger partial charge in [-0.25, -0.2) is 9.78 Å². The summed E-state index contributed by atoms with van der Waals surface area (Å²) in [7, 11) is -4.22. The first-order valence-corrected chi connectivity index (χ1v) is 14.6. The van der Waals surface area contributed by atoms with Crippen LogP contribution in [0.5, 0.6) is 0 Å². The van der Waals surface area contributed by atoms with Gasteiger partial charge < -0.3 is 25.7 Å². The smallest absolute Gasteiger partial charge is 0.354 e. The Morgan fingerprint density at radius 1 is 1.00 bits per heavy atom. The summed E-state index contributed by atoms with van der Waals surface area (Å²) in [5.74, 6) is -2.53. The summed E-state index contributed by atoms with van der Waals surface area (Å²) >= 11 is 0. The molecule has 3 rings (SSSR count). The molecule has 0 aliphatic heterocycles. The second kappa shape index (κ2) is 12.9. The number of carbonyl (C=O) groups is 3. The number of aromatic nitrogens is 1. The number of aryl methyl sites for hydroxylation is 1. The van der Waals surface area contributed by atoms with E-state index in [0.29, 0.717) is 29.6 Å². The van der Waals surface area contributed by atoms with Crippen LogP contribution in [0.25, 0.3) is 11.1 Å². The summed E-state index contributed by atoms with van der Waals surface area (Å²) in [5.41, 5.74) is 6.47. The lowest BCUT2D eigenvalue weighted by Crippen LogP contribution is -2.34. The van der Waals surface area contributed by atoms with Crippen molar-refractivity contribution < 1.29 is 32.1 Å². The Hall–Kier alpha value is -4.62. The average Bonchev–Trinajstić information content (AvgIpc) is 2.90. The molecule has 0 saturated carbocycles. The van der Waals surface area contributed by atoms with Crippen molar-refractivity contribution in [1.29, 1.82) is 5.41 Å². The molecule has 222 valence electrons. The molecule has 0 aliphatic rings. The maximum Gasteiger partial charge on any atom is 0.354 e. The average molecular weight is 596 g/mol. The van der Waals surface area contributed by atoms with E-state index in [1.54, 1.807) is 43.3 Å². The van der Waals surface area contributed by atoms with E-state index in [1.165, 1.54) is 18.2 Å². The number of nitrogens with one attached hydrogen (secondary N) is 3. The fraction of sp³-hybridized carbons (Fsp3) is 0.276. The van der Waals surface area contributed by atoms with Crippen LogP contribution in [0.4, 0.5) is 5.69 Å². The van der Waals surface area contributed by atoms with Crippen molar-refractivity contribution in [3.8, 4) is 11.1 Å². The van der Waals surface area contributed by atoms with Gasteiger partial charge in [0.2, 0.25) is 0 Å². The Bertz CT molecular complexity index is 1630. The van der Waals surface area contributed by atoms with Gasteiger partial charge in [0, 0.05) is 41.2 Å². The van der Waals surface area contributed by atoms with E-state index in [4.69, 9.17) is 11.1 Å². The van der Waals surface area contributed by atoms with E-state index >= 15 is 0 Å². The lowest BCUT2D eigenvalue weighted by molar-refractivity contribution is 0.0748. The minimum Gasteiger partial charge on any atom is -0.396 e. The Morgan fingerprint density at radius 2 is 1.62 bits per heavy atom. The summed E-state index contributed by atoms with van der Waals surface area (Å²) in [4.78, 5) is 43.7. The highest BCUT2D eigenvalue weighted by molar-refractivity contribution is 7.86. The molecule has 2 aromatic carbocycles. The first kappa shape index (κ1) is 31.9. The van der Waals surface area contributed by atoms with E-state index in [-0.39, 0.29) is 46.9 Å².